The molecule has 3 N–H and O–H groups in total. The van der Waals surface area contributed by atoms with Crippen LogP contribution in [0.4, 0.5) is 5.69 Å². The highest BCUT2D eigenvalue weighted by Crippen LogP contribution is 2.27. The van der Waals surface area contributed by atoms with Crippen molar-refractivity contribution >= 4 is 27.5 Å². The van der Waals surface area contributed by atoms with Gasteiger partial charge in [0.1, 0.15) is 5.84 Å². The summed E-state index contributed by atoms with van der Waals surface area (Å²) in [6.07, 6.45) is 2.06. The summed E-state index contributed by atoms with van der Waals surface area (Å²) in [6, 6.07) is 14.6. The molecule has 1 aliphatic heterocycles. The second-order valence-corrected chi connectivity index (χ2v) is 6.25. The van der Waals surface area contributed by atoms with Gasteiger partial charge in [0.15, 0.2) is 0 Å². The van der Waals surface area contributed by atoms with E-state index in [1.165, 1.54) is 11.1 Å². The zero-order valence-electron chi connectivity index (χ0n) is 11.8. The maximum atomic E-state index is 7.78. The van der Waals surface area contributed by atoms with Crippen LogP contribution in [0.1, 0.15) is 16.7 Å². The highest BCUT2D eigenvalue weighted by molar-refractivity contribution is 9.10. The van der Waals surface area contributed by atoms with Gasteiger partial charge in [-0.1, -0.05) is 40.2 Å². The van der Waals surface area contributed by atoms with Crippen LogP contribution in [0.15, 0.2) is 46.9 Å². The van der Waals surface area contributed by atoms with Crippen molar-refractivity contribution in [3.63, 3.8) is 0 Å². The second-order valence-electron chi connectivity index (χ2n) is 5.33. The number of hydrogen-bond donors (Lipinski definition) is 2. The van der Waals surface area contributed by atoms with Crippen LogP contribution < -0.4 is 10.6 Å². The predicted molar refractivity (Wildman–Crippen MR) is 91.2 cm³/mol. The van der Waals surface area contributed by atoms with Crippen molar-refractivity contribution in [1.29, 1.82) is 5.41 Å². The molecule has 3 nitrogen and oxygen atoms in total. The van der Waals surface area contributed by atoms with Gasteiger partial charge in [0.2, 0.25) is 0 Å². The van der Waals surface area contributed by atoms with Gasteiger partial charge in [-0.2, -0.15) is 0 Å². The molecule has 21 heavy (non-hydrogen) atoms. The number of anilines is 1. The molecule has 2 aromatic rings. The Bertz CT molecular complexity index is 654. The van der Waals surface area contributed by atoms with Crippen molar-refractivity contribution in [2.45, 2.75) is 12.8 Å². The summed E-state index contributed by atoms with van der Waals surface area (Å²) in [5.41, 5.74) is 10.5. The molecule has 0 saturated carbocycles. The van der Waals surface area contributed by atoms with Crippen molar-refractivity contribution in [3.8, 4) is 0 Å². The van der Waals surface area contributed by atoms with E-state index in [-0.39, 0.29) is 5.84 Å². The Morgan fingerprint density at radius 3 is 2.24 bits per heavy atom. The lowest BCUT2D eigenvalue weighted by molar-refractivity contribution is 0.804. The Balaban J connectivity index is 1.93. The Morgan fingerprint density at radius 2 is 1.67 bits per heavy atom. The first-order valence-electron chi connectivity index (χ1n) is 7.11. The third-order valence-electron chi connectivity index (χ3n) is 4.01. The molecule has 1 heterocycles. The van der Waals surface area contributed by atoms with Crippen molar-refractivity contribution < 1.29 is 0 Å². The highest BCUT2D eigenvalue weighted by atomic mass is 79.9. The van der Waals surface area contributed by atoms with Crippen molar-refractivity contribution in [3.05, 3.63) is 63.6 Å². The number of hydrogen-bond acceptors (Lipinski definition) is 2. The van der Waals surface area contributed by atoms with Gasteiger partial charge in [-0.15, -0.1) is 0 Å². The van der Waals surface area contributed by atoms with Gasteiger partial charge < -0.3 is 10.6 Å². The van der Waals surface area contributed by atoms with Crippen LogP contribution >= 0.6 is 15.9 Å². The molecule has 0 aliphatic carbocycles. The maximum absolute atomic E-state index is 7.78. The molecule has 108 valence electrons. The molecule has 0 unspecified atom stereocenters. The molecule has 2 aromatic carbocycles. The standard InChI is InChI=1S/C17H18BrN3/c18-14-5-6-15(17(19)20)16(11-14)21-9-7-12-3-1-2-4-13(12)8-10-21/h1-6,11H,7-10H2,(H3,19,20). The van der Waals surface area contributed by atoms with Crippen LogP contribution in [-0.2, 0) is 12.8 Å². The summed E-state index contributed by atoms with van der Waals surface area (Å²) in [5.74, 6) is 0.124. The molecule has 0 aromatic heterocycles. The number of nitrogens with zero attached hydrogens (tertiary/aromatic N) is 1. The minimum Gasteiger partial charge on any atom is -0.384 e. The number of fused-ring (bicyclic) bond motifs is 1. The lowest BCUT2D eigenvalue weighted by atomic mass is 10.0. The molecule has 0 fully saturated rings. The van der Waals surface area contributed by atoms with Crippen LogP contribution in [0.3, 0.4) is 0 Å². The fourth-order valence-electron chi connectivity index (χ4n) is 2.90. The summed E-state index contributed by atoms with van der Waals surface area (Å²) in [5, 5.41) is 7.78. The van der Waals surface area contributed by atoms with E-state index in [4.69, 9.17) is 11.1 Å². The zero-order valence-corrected chi connectivity index (χ0v) is 13.4. The third-order valence-corrected chi connectivity index (χ3v) is 4.50. The normalized spacial score (nSPS) is 14.4. The second kappa shape index (κ2) is 5.90. The minimum atomic E-state index is 0.124. The largest absolute Gasteiger partial charge is 0.384 e. The summed E-state index contributed by atoms with van der Waals surface area (Å²) in [7, 11) is 0. The fourth-order valence-corrected chi connectivity index (χ4v) is 3.25. The first kappa shape index (κ1) is 14.1. The van der Waals surface area contributed by atoms with E-state index in [2.05, 4.69) is 51.2 Å². The van der Waals surface area contributed by atoms with Crippen molar-refractivity contribution in [1.82, 2.24) is 0 Å². The molecule has 1 aliphatic rings. The first-order chi connectivity index (χ1) is 10.1. The first-order valence-corrected chi connectivity index (χ1v) is 7.90. The number of rotatable bonds is 2. The van der Waals surface area contributed by atoms with Gasteiger partial charge in [0, 0.05) is 28.8 Å². The molecule has 3 rings (SSSR count). The minimum absolute atomic E-state index is 0.124. The third kappa shape index (κ3) is 2.95. The van der Waals surface area contributed by atoms with Gasteiger partial charge in [-0.05, 0) is 42.2 Å². The number of halogens is 1. The van der Waals surface area contributed by atoms with Gasteiger partial charge in [-0.3, -0.25) is 5.41 Å². The smallest absolute Gasteiger partial charge is 0.124 e. The average molecular weight is 344 g/mol. The zero-order chi connectivity index (χ0) is 14.8. The number of nitrogens with two attached hydrogens (primary N) is 1. The van der Waals surface area contributed by atoms with Crippen LogP contribution in [-0.4, -0.2) is 18.9 Å². The van der Waals surface area contributed by atoms with E-state index in [1.54, 1.807) is 0 Å². The van der Waals surface area contributed by atoms with Crippen LogP contribution in [0.5, 0.6) is 0 Å². The molecule has 0 bridgehead atoms. The number of amidine groups is 1. The Kier molecular flexibility index (Phi) is 3.97. The predicted octanol–water partition coefficient (Wildman–Crippen LogP) is 3.34. The SMILES string of the molecule is N=C(N)c1ccc(Br)cc1N1CCc2ccccc2CC1. The number of nitrogens with one attached hydrogen (secondary N) is 1. The quantitative estimate of drug-likeness (QED) is 0.649. The van der Waals surface area contributed by atoms with Crippen LogP contribution in [0, 0.1) is 5.41 Å². The maximum Gasteiger partial charge on any atom is 0.124 e. The van der Waals surface area contributed by atoms with E-state index in [0.717, 1.165) is 41.7 Å². The Morgan fingerprint density at radius 1 is 1.05 bits per heavy atom. The molecule has 4 heteroatoms. The molecule has 0 amide bonds. The number of benzene rings is 2. The Hall–Kier alpha value is -1.81. The topological polar surface area (TPSA) is 53.1 Å². The van der Waals surface area contributed by atoms with Gasteiger partial charge in [0.25, 0.3) is 0 Å². The fraction of sp³-hybridized carbons (Fsp3) is 0.235. The van der Waals surface area contributed by atoms with Gasteiger partial charge in [-0.25, -0.2) is 0 Å². The molecule has 0 spiro atoms. The number of nitrogen functional groups attached to an aromatic ring is 1. The molecular formula is C17H18BrN3. The van der Waals surface area contributed by atoms with Crippen molar-refractivity contribution in [2.24, 2.45) is 5.73 Å². The summed E-state index contributed by atoms with van der Waals surface area (Å²) in [4.78, 5) is 2.33. The van der Waals surface area contributed by atoms with Gasteiger partial charge in [0.05, 0.1) is 0 Å². The lowest BCUT2D eigenvalue weighted by Gasteiger charge is -2.25. The molecular weight excluding hydrogens is 326 g/mol. The molecule has 0 atom stereocenters. The summed E-state index contributed by atoms with van der Waals surface area (Å²) < 4.78 is 1.02. The summed E-state index contributed by atoms with van der Waals surface area (Å²) in [6.45, 7) is 1.90. The average Bonchev–Trinajstić information content (AvgIpc) is 2.69. The highest BCUT2D eigenvalue weighted by Gasteiger charge is 2.17. The van der Waals surface area contributed by atoms with E-state index in [9.17, 15) is 0 Å². The lowest BCUT2D eigenvalue weighted by Crippen LogP contribution is -2.28. The van der Waals surface area contributed by atoms with Crippen molar-refractivity contribution in [2.75, 3.05) is 18.0 Å². The van der Waals surface area contributed by atoms with Crippen LogP contribution in [0.2, 0.25) is 0 Å². The van der Waals surface area contributed by atoms with Gasteiger partial charge >= 0.3 is 0 Å². The van der Waals surface area contributed by atoms with E-state index >= 15 is 0 Å². The van der Waals surface area contributed by atoms with Crippen LogP contribution in [0.25, 0.3) is 0 Å². The monoisotopic (exact) mass is 343 g/mol. The summed E-state index contributed by atoms with van der Waals surface area (Å²) >= 11 is 3.52. The van der Waals surface area contributed by atoms with E-state index in [0.29, 0.717) is 0 Å². The Labute approximate surface area is 133 Å². The van der Waals surface area contributed by atoms with E-state index < -0.39 is 0 Å². The molecule has 0 saturated heterocycles. The van der Waals surface area contributed by atoms with E-state index in [1.807, 2.05) is 12.1 Å². The molecule has 0 radical (unpaired) electrons.